The molecule has 9 heteroatoms. The third kappa shape index (κ3) is 5.79. The highest BCUT2D eigenvalue weighted by Gasteiger charge is 2.41. The number of rotatable bonds is 6. The van der Waals surface area contributed by atoms with Gasteiger partial charge in [-0.2, -0.15) is 4.31 Å². The van der Waals surface area contributed by atoms with Crippen molar-refractivity contribution in [3.05, 3.63) is 108 Å². The Hall–Kier alpha value is -4.21. The maximum atomic E-state index is 14.0. The lowest BCUT2D eigenvalue weighted by Gasteiger charge is -2.39. The van der Waals surface area contributed by atoms with E-state index in [4.69, 9.17) is 0 Å². The van der Waals surface area contributed by atoms with Gasteiger partial charge in [-0.05, 0) is 36.1 Å². The van der Waals surface area contributed by atoms with E-state index in [1.807, 2.05) is 67.6 Å². The number of urea groups is 1. The van der Waals surface area contributed by atoms with Crippen LogP contribution in [0.2, 0.25) is 0 Å². The van der Waals surface area contributed by atoms with Gasteiger partial charge in [0.25, 0.3) is 0 Å². The summed E-state index contributed by atoms with van der Waals surface area (Å²) in [5.74, 6) is -0.462. The number of amides is 3. The number of hydrogen-bond acceptors (Lipinski definition) is 4. The van der Waals surface area contributed by atoms with Crippen molar-refractivity contribution < 1.29 is 18.0 Å². The Kier molecular flexibility index (Phi) is 7.63. The van der Waals surface area contributed by atoms with E-state index in [1.54, 1.807) is 36.4 Å². The molecule has 2 N–H and O–H groups in total. The van der Waals surface area contributed by atoms with Crippen LogP contribution in [0, 0.1) is 6.92 Å². The summed E-state index contributed by atoms with van der Waals surface area (Å²) in [4.78, 5) is 28.3. The molecule has 3 amide bonds. The van der Waals surface area contributed by atoms with Crippen molar-refractivity contribution in [1.29, 1.82) is 0 Å². The van der Waals surface area contributed by atoms with Crippen molar-refractivity contribution in [3.63, 3.8) is 0 Å². The van der Waals surface area contributed by atoms with Crippen molar-refractivity contribution in [2.24, 2.45) is 0 Å². The van der Waals surface area contributed by atoms with E-state index in [9.17, 15) is 18.0 Å². The minimum absolute atomic E-state index is 0.0176. The largest absolute Gasteiger partial charge is 0.351 e. The third-order valence-electron chi connectivity index (χ3n) is 6.87. The van der Waals surface area contributed by atoms with E-state index in [-0.39, 0.29) is 37.1 Å². The van der Waals surface area contributed by atoms with Gasteiger partial charge in [-0.25, -0.2) is 13.2 Å². The number of nitrogens with one attached hydrogen (secondary N) is 2. The summed E-state index contributed by atoms with van der Waals surface area (Å²) in [6.07, 6.45) is 0. The number of benzene rings is 4. The molecule has 4 aromatic rings. The first kappa shape index (κ1) is 26.4. The molecule has 0 bridgehead atoms. The highest BCUT2D eigenvalue weighted by molar-refractivity contribution is 7.89. The fourth-order valence-electron chi connectivity index (χ4n) is 4.74. The monoisotopic (exact) mass is 542 g/mol. The predicted octanol–water partition coefficient (Wildman–Crippen LogP) is 4.37. The maximum absolute atomic E-state index is 14.0. The minimum atomic E-state index is -4.06. The molecular formula is C30H30N4O4S. The Labute approximate surface area is 228 Å². The predicted molar refractivity (Wildman–Crippen MR) is 152 cm³/mol. The number of nitrogens with zero attached hydrogens (tertiary/aromatic N) is 2. The van der Waals surface area contributed by atoms with E-state index >= 15 is 0 Å². The van der Waals surface area contributed by atoms with Crippen LogP contribution in [-0.4, -0.2) is 55.2 Å². The molecule has 0 radical (unpaired) electrons. The normalized spacial score (nSPS) is 16.1. The number of fused-ring (bicyclic) bond motifs is 1. The first-order valence-corrected chi connectivity index (χ1v) is 14.2. The van der Waals surface area contributed by atoms with Crippen molar-refractivity contribution in [3.8, 4) is 0 Å². The lowest BCUT2D eigenvalue weighted by molar-refractivity contribution is -0.126. The van der Waals surface area contributed by atoms with Crippen molar-refractivity contribution in [1.82, 2.24) is 14.5 Å². The lowest BCUT2D eigenvalue weighted by Crippen LogP contribution is -2.61. The lowest BCUT2D eigenvalue weighted by atomic mass is 10.1. The molecule has 4 aromatic carbocycles. The molecule has 0 saturated carbocycles. The Bertz CT molecular complexity index is 1590. The Morgan fingerprint density at radius 2 is 1.54 bits per heavy atom. The zero-order valence-corrected chi connectivity index (χ0v) is 22.4. The second-order valence-corrected chi connectivity index (χ2v) is 11.4. The zero-order valence-electron chi connectivity index (χ0n) is 21.6. The quantitative estimate of drug-likeness (QED) is 0.378. The molecule has 1 saturated heterocycles. The van der Waals surface area contributed by atoms with Gasteiger partial charge in [-0.1, -0.05) is 84.4 Å². The highest BCUT2D eigenvalue weighted by atomic mass is 32.2. The van der Waals surface area contributed by atoms with E-state index in [0.29, 0.717) is 11.1 Å². The van der Waals surface area contributed by atoms with Crippen LogP contribution in [-0.2, 0) is 21.4 Å². The van der Waals surface area contributed by atoms with Gasteiger partial charge in [-0.3, -0.25) is 4.79 Å². The smallest absolute Gasteiger partial charge is 0.321 e. The number of carbonyl (C=O) groups is 2. The maximum Gasteiger partial charge on any atom is 0.321 e. The van der Waals surface area contributed by atoms with Crippen molar-refractivity contribution in [2.75, 3.05) is 25.0 Å². The Morgan fingerprint density at radius 3 is 2.31 bits per heavy atom. The van der Waals surface area contributed by atoms with Crippen LogP contribution in [0.25, 0.3) is 10.8 Å². The van der Waals surface area contributed by atoms with E-state index in [1.165, 1.54) is 9.21 Å². The summed E-state index contributed by atoms with van der Waals surface area (Å²) < 4.78 is 29.3. The average Bonchev–Trinajstić information content (AvgIpc) is 2.97. The van der Waals surface area contributed by atoms with Gasteiger partial charge in [0.2, 0.25) is 15.9 Å². The van der Waals surface area contributed by atoms with E-state index in [2.05, 4.69) is 10.6 Å². The second-order valence-electron chi connectivity index (χ2n) is 9.55. The first-order valence-electron chi connectivity index (χ1n) is 12.8. The third-order valence-corrected chi connectivity index (χ3v) is 8.84. The second kappa shape index (κ2) is 11.3. The molecule has 1 aliphatic heterocycles. The highest BCUT2D eigenvalue weighted by Crippen LogP contribution is 2.28. The molecule has 1 atom stereocenters. The average molecular weight is 543 g/mol. The molecule has 200 valence electrons. The molecule has 0 aliphatic carbocycles. The zero-order chi connectivity index (χ0) is 27.4. The fourth-order valence-corrected chi connectivity index (χ4v) is 6.53. The van der Waals surface area contributed by atoms with Crippen molar-refractivity contribution >= 4 is 38.4 Å². The number of hydrogen-bond donors (Lipinski definition) is 2. The van der Waals surface area contributed by atoms with Gasteiger partial charge in [0, 0.05) is 37.3 Å². The first-order chi connectivity index (χ1) is 18.8. The van der Waals surface area contributed by atoms with Crippen LogP contribution in [0.4, 0.5) is 10.5 Å². The fraction of sp³-hybridized carbons (Fsp3) is 0.200. The van der Waals surface area contributed by atoms with Crippen LogP contribution >= 0.6 is 0 Å². The van der Waals surface area contributed by atoms with Gasteiger partial charge in [0.05, 0.1) is 4.90 Å². The van der Waals surface area contributed by atoms with E-state index < -0.39 is 22.0 Å². The van der Waals surface area contributed by atoms with Crippen LogP contribution in [0.5, 0.6) is 0 Å². The van der Waals surface area contributed by atoms with Gasteiger partial charge < -0.3 is 15.5 Å². The summed E-state index contributed by atoms with van der Waals surface area (Å²) in [5, 5.41) is 7.10. The summed E-state index contributed by atoms with van der Waals surface area (Å²) in [6, 6.07) is 27.7. The number of anilines is 1. The molecule has 1 heterocycles. The molecular weight excluding hydrogens is 512 g/mol. The molecule has 1 aliphatic rings. The van der Waals surface area contributed by atoms with Crippen molar-refractivity contribution in [2.45, 2.75) is 24.4 Å². The van der Waals surface area contributed by atoms with Gasteiger partial charge >= 0.3 is 6.03 Å². The van der Waals surface area contributed by atoms with E-state index in [0.717, 1.165) is 16.5 Å². The summed E-state index contributed by atoms with van der Waals surface area (Å²) >= 11 is 0. The Morgan fingerprint density at radius 1 is 0.846 bits per heavy atom. The topological polar surface area (TPSA) is 98.8 Å². The van der Waals surface area contributed by atoms with Crippen LogP contribution < -0.4 is 10.6 Å². The summed E-state index contributed by atoms with van der Waals surface area (Å²) in [5.41, 5.74) is 2.58. The molecule has 1 fully saturated rings. The molecule has 8 nitrogen and oxygen atoms in total. The molecule has 5 rings (SSSR count). The molecule has 0 spiro atoms. The molecule has 1 unspecified atom stereocenters. The van der Waals surface area contributed by atoms with Gasteiger partial charge in [0.1, 0.15) is 6.04 Å². The standard InChI is InChI=1S/C30H30N4O4S/c1-22-14-16-25(17-15-22)32-30(36)33-18-19-34(27(21-33)29(35)31-20-23-8-3-2-4-9-23)39(37,38)28-13-7-11-24-10-5-6-12-26(24)28/h2-17,27H,18-21H2,1H3,(H,31,35)(H,32,36). The van der Waals surface area contributed by atoms with Crippen LogP contribution in [0.1, 0.15) is 11.1 Å². The number of aryl methyl sites for hydroxylation is 1. The van der Waals surface area contributed by atoms with Gasteiger partial charge in [0.15, 0.2) is 0 Å². The SMILES string of the molecule is Cc1ccc(NC(=O)N2CCN(S(=O)(=O)c3cccc4ccccc34)C(C(=O)NCc3ccccc3)C2)cc1. The van der Waals surface area contributed by atoms with Crippen LogP contribution in [0.3, 0.4) is 0 Å². The number of piperazine rings is 1. The molecule has 39 heavy (non-hydrogen) atoms. The number of carbonyl (C=O) groups excluding carboxylic acids is 2. The number of sulfonamides is 1. The van der Waals surface area contributed by atoms with Gasteiger partial charge in [-0.15, -0.1) is 0 Å². The summed E-state index contributed by atoms with van der Waals surface area (Å²) in [7, 11) is -4.06. The Balaban J connectivity index is 1.42. The summed E-state index contributed by atoms with van der Waals surface area (Å²) in [6.45, 7) is 2.25. The van der Waals surface area contributed by atoms with Crippen LogP contribution in [0.15, 0.2) is 102 Å². The minimum Gasteiger partial charge on any atom is -0.351 e. The molecule has 0 aromatic heterocycles.